The van der Waals surface area contributed by atoms with Crippen LogP contribution in [0, 0.1) is 23.2 Å². The molecule has 2 fully saturated rings. The third kappa shape index (κ3) is 1.39. The first-order valence-electron chi connectivity index (χ1n) is 6.43. The topological polar surface area (TPSA) is 20.2 Å². The summed E-state index contributed by atoms with van der Waals surface area (Å²) in [6.07, 6.45) is 6.72. The molecule has 0 saturated heterocycles. The molecule has 1 nitrogen and oxygen atoms in total. The molecule has 3 rings (SSSR count). The minimum absolute atomic E-state index is 0.329. The number of aliphatic hydroxyl groups excluding tert-OH is 1. The van der Waals surface area contributed by atoms with Crippen LogP contribution in [0.2, 0.25) is 0 Å². The lowest BCUT2D eigenvalue weighted by atomic mass is 9.86. The zero-order valence-corrected chi connectivity index (χ0v) is 9.92. The van der Waals surface area contributed by atoms with Gasteiger partial charge < -0.3 is 5.11 Å². The number of fused-ring (bicyclic) bond motifs is 3. The zero-order valence-electron chi connectivity index (χ0n) is 9.92. The lowest BCUT2D eigenvalue weighted by molar-refractivity contribution is 0.324. The number of allylic oxidation sites excluding steroid dienone is 1. The maximum absolute atomic E-state index is 9.41. The van der Waals surface area contributed by atoms with Crippen molar-refractivity contribution in [2.45, 2.75) is 46.0 Å². The van der Waals surface area contributed by atoms with Gasteiger partial charge in [-0.2, -0.15) is 0 Å². The van der Waals surface area contributed by atoms with Crippen LogP contribution < -0.4 is 0 Å². The first-order chi connectivity index (χ1) is 7.11. The van der Waals surface area contributed by atoms with Crippen LogP contribution in [0.3, 0.4) is 0 Å². The molecule has 0 aromatic carbocycles. The van der Waals surface area contributed by atoms with Gasteiger partial charge in [-0.3, -0.25) is 0 Å². The largest absolute Gasteiger partial charge is 0.392 e. The van der Waals surface area contributed by atoms with Crippen LogP contribution in [0.4, 0.5) is 0 Å². The summed E-state index contributed by atoms with van der Waals surface area (Å²) in [5.74, 6) is 2.65. The Morgan fingerprint density at radius 3 is 2.87 bits per heavy atom. The van der Waals surface area contributed by atoms with E-state index < -0.39 is 0 Å². The molecule has 2 saturated carbocycles. The molecular formula is C14H22O. The Balaban J connectivity index is 1.92. The van der Waals surface area contributed by atoms with Crippen molar-refractivity contribution in [1.82, 2.24) is 0 Å². The Bertz CT molecular complexity index is 313. The van der Waals surface area contributed by atoms with E-state index >= 15 is 0 Å². The van der Waals surface area contributed by atoms with Crippen LogP contribution in [0.1, 0.15) is 46.0 Å². The molecule has 3 atom stereocenters. The van der Waals surface area contributed by atoms with Crippen LogP contribution in [-0.2, 0) is 0 Å². The second-order valence-electron chi connectivity index (χ2n) is 6.63. The van der Waals surface area contributed by atoms with E-state index in [4.69, 9.17) is 0 Å². The van der Waals surface area contributed by atoms with Crippen molar-refractivity contribution in [3.63, 3.8) is 0 Å². The molecule has 0 spiro atoms. The molecule has 0 amide bonds. The maximum Gasteiger partial charge on any atom is 0.0644 e. The highest BCUT2D eigenvalue weighted by Gasteiger charge is 2.49. The Morgan fingerprint density at radius 1 is 1.33 bits per heavy atom. The smallest absolute Gasteiger partial charge is 0.0644 e. The third-order valence-electron chi connectivity index (χ3n) is 4.98. The summed E-state index contributed by atoms with van der Waals surface area (Å²) in [6, 6.07) is 0. The molecule has 1 N–H and O–H groups in total. The van der Waals surface area contributed by atoms with Gasteiger partial charge in [0.25, 0.3) is 0 Å². The Labute approximate surface area is 92.6 Å². The molecule has 84 valence electrons. The number of aliphatic hydroxyl groups is 1. The molecule has 1 heteroatoms. The Kier molecular flexibility index (Phi) is 2.04. The standard InChI is InChI=1S/C14H22O/c1-14(2)6-11-5-9-3-4-10(8-15)13(9)12(11)7-14/h9,11-12,15H,3-8H2,1-2H3/t9-,11+,12-/m0/s1. The molecule has 0 bridgehead atoms. The average Bonchev–Trinajstić information content (AvgIpc) is 2.73. The van der Waals surface area contributed by atoms with Gasteiger partial charge in [0, 0.05) is 0 Å². The molecule has 0 aromatic rings. The summed E-state index contributed by atoms with van der Waals surface area (Å²) in [7, 11) is 0. The van der Waals surface area contributed by atoms with Gasteiger partial charge in [-0.15, -0.1) is 0 Å². The molecule has 0 unspecified atom stereocenters. The van der Waals surface area contributed by atoms with Crippen molar-refractivity contribution in [2.24, 2.45) is 23.2 Å². The van der Waals surface area contributed by atoms with E-state index in [9.17, 15) is 5.11 Å². The summed E-state index contributed by atoms with van der Waals surface area (Å²) in [4.78, 5) is 0. The normalized spacial score (nSPS) is 42.2. The van der Waals surface area contributed by atoms with Crippen LogP contribution in [0.5, 0.6) is 0 Å². The highest BCUT2D eigenvalue weighted by Crippen LogP contribution is 2.60. The van der Waals surface area contributed by atoms with Gasteiger partial charge in [-0.05, 0) is 60.8 Å². The van der Waals surface area contributed by atoms with E-state index in [0.717, 1.165) is 17.8 Å². The molecule has 0 heterocycles. The van der Waals surface area contributed by atoms with Crippen LogP contribution in [-0.4, -0.2) is 11.7 Å². The van der Waals surface area contributed by atoms with E-state index in [-0.39, 0.29) is 0 Å². The predicted molar refractivity (Wildman–Crippen MR) is 61.4 cm³/mol. The van der Waals surface area contributed by atoms with Gasteiger partial charge in [0.1, 0.15) is 0 Å². The molecule has 0 aromatic heterocycles. The van der Waals surface area contributed by atoms with Crippen LogP contribution in [0.25, 0.3) is 0 Å². The zero-order chi connectivity index (χ0) is 10.6. The van der Waals surface area contributed by atoms with Crippen molar-refractivity contribution in [1.29, 1.82) is 0 Å². The van der Waals surface area contributed by atoms with Gasteiger partial charge in [0.15, 0.2) is 0 Å². The summed E-state index contributed by atoms with van der Waals surface area (Å²) < 4.78 is 0. The third-order valence-corrected chi connectivity index (χ3v) is 4.98. The van der Waals surface area contributed by atoms with Crippen LogP contribution in [0.15, 0.2) is 11.1 Å². The van der Waals surface area contributed by atoms with E-state index in [0.29, 0.717) is 12.0 Å². The SMILES string of the molecule is CC1(C)C[C@H]2C[C@@H]3CCC(CO)=C3[C@H]2C1. The monoisotopic (exact) mass is 206 g/mol. The number of rotatable bonds is 1. The van der Waals surface area contributed by atoms with Gasteiger partial charge in [0.05, 0.1) is 6.61 Å². The van der Waals surface area contributed by atoms with E-state index in [1.807, 2.05) is 0 Å². The molecule has 0 aliphatic heterocycles. The van der Waals surface area contributed by atoms with Gasteiger partial charge in [-0.1, -0.05) is 19.4 Å². The Hall–Kier alpha value is -0.300. The Morgan fingerprint density at radius 2 is 2.13 bits per heavy atom. The summed E-state index contributed by atoms with van der Waals surface area (Å²) >= 11 is 0. The summed E-state index contributed by atoms with van der Waals surface area (Å²) in [5.41, 5.74) is 3.66. The molecular weight excluding hydrogens is 184 g/mol. The van der Waals surface area contributed by atoms with Gasteiger partial charge in [-0.25, -0.2) is 0 Å². The van der Waals surface area contributed by atoms with Gasteiger partial charge in [0.2, 0.25) is 0 Å². The van der Waals surface area contributed by atoms with Crippen LogP contribution >= 0.6 is 0 Å². The highest BCUT2D eigenvalue weighted by atomic mass is 16.3. The van der Waals surface area contributed by atoms with Crippen molar-refractivity contribution < 1.29 is 5.11 Å². The second kappa shape index (κ2) is 3.10. The molecule has 15 heavy (non-hydrogen) atoms. The second-order valence-corrected chi connectivity index (χ2v) is 6.63. The van der Waals surface area contributed by atoms with E-state index in [1.54, 1.807) is 5.57 Å². The lowest BCUT2D eigenvalue weighted by Crippen LogP contribution is -2.08. The fraction of sp³-hybridized carbons (Fsp3) is 0.857. The van der Waals surface area contributed by atoms with Gasteiger partial charge >= 0.3 is 0 Å². The molecule has 3 aliphatic carbocycles. The lowest BCUT2D eigenvalue weighted by Gasteiger charge is -2.20. The fourth-order valence-corrected chi connectivity index (χ4v) is 4.59. The number of hydrogen-bond acceptors (Lipinski definition) is 1. The average molecular weight is 206 g/mol. The van der Waals surface area contributed by atoms with Crippen molar-refractivity contribution in [2.75, 3.05) is 6.61 Å². The van der Waals surface area contributed by atoms with Crippen molar-refractivity contribution in [3.8, 4) is 0 Å². The summed E-state index contributed by atoms with van der Waals surface area (Å²) in [6.45, 7) is 5.15. The quantitative estimate of drug-likeness (QED) is 0.653. The molecule has 3 aliphatic rings. The highest BCUT2D eigenvalue weighted by molar-refractivity contribution is 5.31. The van der Waals surface area contributed by atoms with E-state index in [1.165, 1.54) is 37.7 Å². The summed E-state index contributed by atoms with van der Waals surface area (Å²) in [5, 5.41) is 9.41. The minimum atomic E-state index is 0.329. The molecule has 0 radical (unpaired) electrons. The van der Waals surface area contributed by atoms with E-state index in [2.05, 4.69) is 13.8 Å². The first-order valence-corrected chi connectivity index (χ1v) is 6.43. The maximum atomic E-state index is 9.41. The van der Waals surface area contributed by atoms with Crippen molar-refractivity contribution >= 4 is 0 Å². The first kappa shape index (κ1) is 9.89. The van der Waals surface area contributed by atoms with Crippen molar-refractivity contribution in [3.05, 3.63) is 11.1 Å². The minimum Gasteiger partial charge on any atom is -0.392 e. The fourth-order valence-electron chi connectivity index (χ4n) is 4.59. The predicted octanol–water partition coefficient (Wildman–Crippen LogP) is 3.14. The number of hydrogen-bond donors (Lipinski definition) is 1.